The lowest BCUT2D eigenvalue weighted by molar-refractivity contribution is -0.137. The van der Waals surface area contributed by atoms with Crippen LogP contribution in [-0.4, -0.2) is 41.8 Å². The van der Waals surface area contributed by atoms with E-state index in [1.54, 1.807) is 13.8 Å². The van der Waals surface area contributed by atoms with Crippen LogP contribution in [-0.2, 0) is 14.3 Å². The van der Waals surface area contributed by atoms with Crippen molar-refractivity contribution in [2.45, 2.75) is 58.0 Å². The highest BCUT2D eigenvalue weighted by atomic mass is 16.5. The summed E-state index contributed by atoms with van der Waals surface area (Å²) in [6.45, 7) is 5.59. The number of fused-ring (bicyclic) bond motifs is 3. The van der Waals surface area contributed by atoms with Gasteiger partial charge in [-0.2, -0.15) is 0 Å². The molecule has 0 saturated carbocycles. The number of carbonyl (C=O) groups excluding carboxylic acids is 2. The molecular formula is C26H32N2O5. The lowest BCUT2D eigenvalue weighted by atomic mass is 9.98. The molecule has 2 aromatic rings. The molecule has 3 unspecified atom stereocenters. The molecule has 33 heavy (non-hydrogen) atoms. The lowest BCUT2D eigenvalue weighted by Crippen LogP contribution is -2.46. The molecule has 1 aliphatic carbocycles. The number of benzene rings is 2. The van der Waals surface area contributed by atoms with Crippen LogP contribution in [0.5, 0.6) is 0 Å². The number of carboxylic acids is 1. The Morgan fingerprint density at radius 1 is 0.970 bits per heavy atom. The number of hydrogen-bond acceptors (Lipinski definition) is 4. The first-order valence-electron chi connectivity index (χ1n) is 11.5. The molecule has 1 aliphatic rings. The number of alkyl carbamates (subject to hydrolysis) is 1. The molecule has 0 aliphatic heterocycles. The zero-order chi connectivity index (χ0) is 24.0. The Labute approximate surface area is 194 Å². The summed E-state index contributed by atoms with van der Waals surface area (Å²) in [5, 5.41) is 14.5. The maximum atomic E-state index is 12.6. The van der Waals surface area contributed by atoms with Crippen LogP contribution in [0.15, 0.2) is 48.5 Å². The van der Waals surface area contributed by atoms with E-state index in [1.165, 1.54) is 0 Å². The van der Waals surface area contributed by atoms with Crippen molar-refractivity contribution in [2.24, 2.45) is 5.92 Å². The number of carboxylic acid groups (broad SMARTS) is 1. The summed E-state index contributed by atoms with van der Waals surface area (Å²) in [6, 6.07) is 15.6. The molecule has 2 amide bonds. The van der Waals surface area contributed by atoms with E-state index >= 15 is 0 Å². The third-order valence-electron chi connectivity index (χ3n) is 6.40. The fourth-order valence-electron chi connectivity index (χ4n) is 4.19. The number of amides is 2. The Kier molecular flexibility index (Phi) is 8.09. The molecule has 0 heterocycles. The van der Waals surface area contributed by atoms with Gasteiger partial charge in [-0.05, 0) is 42.0 Å². The zero-order valence-electron chi connectivity index (χ0n) is 19.3. The minimum Gasteiger partial charge on any atom is -0.481 e. The third-order valence-corrected chi connectivity index (χ3v) is 6.40. The van der Waals surface area contributed by atoms with Crippen LogP contribution in [0.25, 0.3) is 11.1 Å². The standard InChI is InChI=1S/C26H32N2O5/c1-4-18(13-14-24(29)30)28-25(31)16(2)17(3)27-26(32)33-15-23-21-11-7-5-9-19(21)20-10-6-8-12-22(20)23/h5-12,16-18,23H,4,13-15H2,1-3H3,(H,27,32)(H,28,31)(H,29,30). The number of ether oxygens (including phenoxy) is 1. The summed E-state index contributed by atoms with van der Waals surface area (Å²) in [5.41, 5.74) is 4.60. The first kappa shape index (κ1) is 24.3. The molecule has 176 valence electrons. The average molecular weight is 453 g/mol. The van der Waals surface area contributed by atoms with E-state index in [-0.39, 0.29) is 30.9 Å². The zero-order valence-corrected chi connectivity index (χ0v) is 19.3. The second-order valence-electron chi connectivity index (χ2n) is 8.59. The van der Waals surface area contributed by atoms with Crippen molar-refractivity contribution in [2.75, 3.05) is 6.61 Å². The monoisotopic (exact) mass is 452 g/mol. The number of rotatable bonds is 10. The van der Waals surface area contributed by atoms with Crippen molar-refractivity contribution in [1.82, 2.24) is 10.6 Å². The predicted octanol–water partition coefficient (Wildman–Crippen LogP) is 4.31. The number of carbonyl (C=O) groups is 3. The molecule has 0 radical (unpaired) electrons. The van der Waals surface area contributed by atoms with Gasteiger partial charge in [0.2, 0.25) is 5.91 Å². The highest BCUT2D eigenvalue weighted by Crippen LogP contribution is 2.44. The van der Waals surface area contributed by atoms with Gasteiger partial charge in [-0.25, -0.2) is 4.79 Å². The minimum atomic E-state index is -0.888. The van der Waals surface area contributed by atoms with Crippen molar-refractivity contribution in [3.05, 3.63) is 59.7 Å². The van der Waals surface area contributed by atoms with Crippen LogP contribution < -0.4 is 10.6 Å². The highest BCUT2D eigenvalue weighted by molar-refractivity contribution is 5.81. The molecule has 0 fully saturated rings. The number of hydrogen-bond donors (Lipinski definition) is 3. The lowest BCUT2D eigenvalue weighted by Gasteiger charge is -2.24. The van der Waals surface area contributed by atoms with Gasteiger partial charge in [0.05, 0.1) is 5.92 Å². The summed E-state index contributed by atoms with van der Waals surface area (Å²) in [7, 11) is 0. The van der Waals surface area contributed by atoms with E-state index < -0.39 is 24.0 Å². The van der Waals surface area contributed by atoms with Crippen molar-refractivity contribution >= 4 is 18.0 Å². The van der Waals surface area contributed by atoms with Crippen molar-refractivity contribution in [3.63, 3.8) is 0 Å². The Morgan fingerprint density at radius 3 is 2.09 bits per heavy atom. The highest BCUT2D eigenvalue weighted by Gasteiger charge is 2.30. The van der Waals surface area contributed by atoms with E-state index in [0.29, 0.717) is 12.8 Å². The smallest absolute Gasteiger partial charge is 0.407 e. The Bertz CT molecular complexity index is 960. The topological polar surface area (TPSA) is 105 Å². The number of nitrogens with one attached hydrogen (secondary N) is 2. The van der Waals surface area contributed by atoms with Gasteiger partial charge in [-0.15, -0.1) is 0 Å². The average Bonchev–Trinajstić information content (AvgIpc) is 3.13. The van der Waals surface area contributed by atoms with Crippen LogP contribution in [0.1, 0.15) is 57.1 Å². The molecule has 0 spiro atoms. The fourth-order valence-corrected chi connectivity index (χ4v) is 4.19. The van der Waals surface area contributed by atoms with Crippen LogP contribution in [0.2, 0.25) is 0 Å². The second kappa shape index (κ2) is 11.0. The largest absolute Gasteiger partial charge is 0.481 e. The summed E-state index contributed by atoms with van der Waals surface area (Å²) in [5.74, 6) is -1.64. The molecule has 3 N–H and O–H groups in total. The van der Waals surface area contributed by atoms with Gasteiger partial charge >= 0.3 is 12.1 Å². The SMILES string of the molecule is CCC(CCC(=O)O)NC(=O)C(C)C(C)NC(=O)OCC1c2ccccc2-c2ccccc21. The van der Waals surface area contributed by atoms with E-state index in [1.807, 2.05) is 31.2 Å². The molecule has 3 atom stereocenters. The van der Waals surface area contributed by atoms with Crippen LogP contribution >= 0.6 is 0 Å². The predicted molar refractivity (Wildman–Crippen MR) is 126 cm³/mol. The maximum Gasteiger partial charge on any atom is 0.407 e. The second-order valence-corrected chi connectivity index (χ2v) is 8.59. The van der Waals surface area contributed by atoms with Gasteiger partial charge in [0.25, 0.3) is 0 Å². The van der Waals surface area contributed by atoms with Gasteiger partial charge in [0.1, 0.15) is 6.61 Å². The van der Waals surface area contributed by atoms with Crippen LogP contribution in [0.4, 0.5) is 4.79 Å². The van der Waals surface area contributed by atoms with Crippen molar-refractivity contribution in [1.29, 1.82) is 0 Å². The van der Waals surface area contributed by atoms with E-state index in [4.69, 9.17) is 9.84 Å². The van der Waals surface area contributed by atoms with E-state index in [0.717, 1.165) is 22.3 Å². The Balaban J connectivity index is 1.53. The summed E-state index contributed by atoms with van der Waals surface area (Å²) < 4.78 is 5.56. The fraction of sp³-hybridized carbons (Fsp3) is 0.423. The van der Waals surface area contributed by atoms with Gasteiger partial charge in [-0.1, -0.05) is 62.4 Å². The molecule has 7 heteroatoms. The molecule has 3 rings (SSSR count). The van der Waals surface area contributed by atoms with Crippen molar-refractivity contribution < 1.29 is 24.2 Å². The molecular weight excluding hydrogens is 420 g/mol. The first-order valence-corrected chi connectivity index (χ1v) is 11.5. The minimum absolute atomic E-state index is 0.000715. The third kappa shape index (κ3) is 5.92. The Hall–Kier alpha value is -3.35. The Morgan fingerprint density at radius 2 is 1.55 bits per heavy atom. The molecule has 0 saturated heterocycles. The molecule has 0 bridgehead atoms. The quantitative estimate of drug-likeness (QED) is 0.498. The van der Waals surface area contributed by atoms with Gasteiger partial charge in [0.15, 0.2) is 0 Å². The molecule has 2 aromatic carbocycles. The summed E-state index contributed by atoms with van der Waals surface area (Å²) >= 11 is 0. The number of aliphatic carboxylic acids is 1. The van der Waals surface area contributed by atoms with Crippen LogP contribution in [0.3, 0.4) is 0 Å². The first-order chi connectivity index (χ1) is 15.8. The van der Waals surface area contributed by atoms with E-state index in [2.05, 4.69) is 34.9 Å². The summed E-state index contributed by atoms with van der Waals surface area (Å²) in [4.78, 5) is 35.8. The normalized spacial score (nSPS) is 15.0. The van der Waals surface area contributed by atoms with Crippen molar-refractivity contribution in [3.8, 4) is 11.1 Å². The van der Waals surface area contributed by atoms with Gasteiger partial charge in [0, 0.05) is 24.4 Å². The summed E-state index contributed by atoms with van der Waals surface area (Å²) in [6.07, 6.45) is 0.445. The molecule has 0 aromatic heterocycles. The van der Waals surface area contributed by atoms with E-state index in [9.17, 15) is 14.4 Å². The maximum absolute atomic E-state index is 12.6. The van der Waals surface area contributed by atoms with Gasteiger partial charge < -0.3 is 20.5 Å². The van der Waals surface area contributed by atoms with Gasteiger partial charge in [-0.3, -0.25) is 9.59 Å². The molecule has 7 nitrogen and oxygen atoms in total. The van der Waals surface area contributed by atoms with Crippen LogP contribution in [0, 0.1) is 5.92 Å².